The van der Waals surface area contributed by atoms with E-state index < -0.39 is 0 Å². The van der Waals surface area contributed by atoms with Crippen LogP contribution in [-0.2, 0) is 14.2 Å². The van der Waals surface area contributed by atoms with Gasteiger partial charge in [0.1, 0.15) is 11.7 Å². The molecular formula is C16H26O3. The predicted molar refractivity (Wildman–Crippen MR) is 72.1 cm³/mol. The van der Waals surface area contributed by atoms with Crippen molar-refractivity contribution in [1.82, 2.24) is 0 Å². The van der Waals surface area contributed by atoms with Crippen molar-refractivity contribution in [3.8, 4) is 0 Å². The van der Waals surface area contributed by atoms with Crippen LogP contribution >= 0.6 is 0 Å². The quantitative estimate of drug-likeness (QED) is 0.693. The minimum Gasteiger partial charge on any atom is -0.376 e. The Bertz CT molecular complexity index is 316. The van der Waals surface area contributed by atoms with E-state index in [-0.39, 0.29) is 5.60 Å². The fourth-order valence-corrected chi connectivity index (χ4v) is 4.45. The minimum atomic E-state index is 0.0976. The lowest BCUT2D eigenvalue weighted by molar-refractivity contribution is 0.0448. The molecule has 0 aromatic heterocycles. The lowest BCUT2D eigenvalue weighted by atomic mass is 9.83. The minimum absolute atomic E-state index is 0.0976. The van der Waals surface area contributed by atoms with Crippen LogP contribution in [0.2, 0.25) is 0 Å². The highest BCUT2D eigenvalue weighted by Gasteiger charge is 2.64. The van der Waals surface area contributed by atoms with Crippen molar-refractivity contribution >= 4 is 0 Å². The predicted octanol–water partition coefficient (Wildman–Crippen LogP) is 2.92. The molecule has 3 atom stereocenters. The van der Waals surface area contributed by atoms with Gasteiger partial charge in [-0.25, -0.2) is 0 Å². The van der Waals surface area contributed by atoms with Gasteiger partial charge in [0.15, 0.2) is 0 Å². The maximum Gasteiger partial charge on any atom is 0.121 e. The van der Waals surface area contributed by atoms with Crippen molar-refractivity contribution in [1.29, 1.82) is 0 Å². The van der Waals surface area contributed by atoms with E-state index >= 15 is 0 Å². The summed E-state index contributed by atoms with van der Waals surface area (Å²) in [4.78, 5) is 0. The molecule has 3 nitrogen and oxygen atoms in total. The topological polar surface area (TPSA) is 34.3 Å². The van der Waals surface area contributed by atoms with Crippen LogP contribution in [0.5, 0.6) is 0 Å². The fourth-order valence-electron chi connectivity index (χ4n) is 4.45. The van der Waals surface area contributed by atoms with Crippen LogP contribution < -0.4 is 0 Å². The maximum absolute atomic E-state index is 6.31. The highest BCUT2D eigenvalue weighted by molar-refractivity contribution is 5.11. The fraction of sp³-hybridized carbons (Fsp3) is 1.00. The lowest BCUT2D eigenvalue weighted by Gasteiger charge is -2.21. The molecule has 2 aliphatic carbocycles. The summed E-state index contributed by atoms with van der Waals surface area (Å²) < 4.78 is 17.5. The summed E-state index contributed by atoms with van der Waals surface area (Å²) in [6.07, 6.45) is 11.9. The Balaban J connectivity index is 1.38. The van der Waals surface area contributed by atoms with Crippen molar-refractivity contribution in [2.75, 3.05) is 19.8 Å². The number of hydrogen-bond donors (Lipinski definition) is 0. The molecule has 0 aromatic carbocycles. The average Bonchev–Trinajstić information content (AvgIpc) is 3.23. The summed E-state index contributed by atoms with van der Waals surface area (Å²) in [5.74, 6) is 1.58. The summed E-state index contributed by atoms with van der Waals surface area (Å²) in [7, 11) is 0. The van der Waals surface area contributed by atoms with Crippen molar-refractivity contribution in [3.05, 3.63) is 0 Å². The molecule has 0 aromatic rings. The molecule has 4 fully saturated rings. The third kappa shape index (κ3) is 2.45. The molecule has 2 saturated carbocycles. The number of rotatable bonds is 6. The summed E-state index contributed by atoms with van der Waals surface area (Å²) in [5, 5.41) is 0. The molecule has 4 rings (SSSR count). The lowest BCUT2D eigenvalue weighted by Crippen LogP contribution is -2.33. The molecule has 19 heavy (non-hydrogen) atoms. The van der Waals surface area contributed by atoms with E-state index in [0.29, 0.717) is 12.2 Å². The third-order valence-corrected chi connectivity index (χ3v) is 5.68. The molecule has 3 heteroatoms. The van der Waals surface area contributed by atoms with E-state index in [1.165, 1.54) is 51.4 Å². The molecule has 2 aliphatic heterocycles. The molecule has 3 unspecified atom stereocenters. The first-order valence-corrected chi connectivity index (χ1v) is 8.26. The summed E-state index contributed by atoms with van der Waals surface area (Å²) >= 11 is 0. The van der Waals surface area contributed by atoms with Gasteiger partial charge >= 0.3 is 0 Å². The molecule has 4 aliphatic rings. The Morgan fingerprint density at radius 2 is 1.68 bits per heavy atom. The Hall–Kier alpha value is -0.120. The highest BCUT2D eigenvalue weighted by Crippen LogP contribution is 2.55. The van der Waals surface area contributed by atoms with Gasteiger partial charge in [0, 0.05) is 0 Å². The normalized spacial score (nSPS) is 42.9. The first kappa shape index (κ1) is 12.6. The molecular weight excluding hydrogens is 240 g/mol. The summed E-state index contributed by atoms with van der Waals surface area (Å²) in [5.41, 5.74) is 0.0976. The van der Waals surface area contributed by atoms with Gasteiger partial charge in [-0.1, -0.05) is 25.7 Å². The third-order valence-electron chi connectivity index (χ3n) is 5.68. The van der Waals surface area contributed by atoms with Crippen LogP contribution in [0, 0.1) is 11.8 Å². The molecule has 108 valence electrons. The Morgan fingerprint density at radius 3 is 2.37 bits per heavy atom. The van der Waals surface area contributed by atoms with E-state index in [2.05, 4.69) is 0 Å². The zero-order chi connectivity index (χ0) is 12.7. The van der Waals surface area contributed by atoms with Gasteiger partial charge in [0.05, 0.1) is 25.9 Å². The molecule has 0 spiro atoms. The highest BCUT2D eigenvalue weighted by atomic mass is 16.6. The second kappa shape index (κ2) is 5.01. The van der Waals surface area contributed by atoms with Gasteiger partial charge in [0.2, 0.25) is 0 Å². The van der Waals surface area contributed by atoms with E-state index in [9.17, 15) is 0 Å². The van der Waals surface area contributed by atoms with Gasteiger partial charge in [-0.2, -0.15) is 0 Å². The van der Waals surface area contributed by atoms with Gasteiger partial charge in [-0.15, -0.1) is 0 Å². The SMILES string of the molecule is C1CCC(C2OC2(COCC2CO2)C2CCCC2)C1. The van der Waals surface area contributed by atoms with Crippen LogP contribution in [-0.4, -0.2) is 37.6 Å². The van der Waals surface area contributed by atoms with Gasteiger partial charge in [0.25, 0.3) is 0 Å². The van der Waals surface area contributed by atoms with E-state index in [0.717, 1.165) is 31.7 Å². The Kier molecular flexibility index (Phi) is 3.33. The molecule has 0 N–H and O–H groups in total. The van der Waals surface area contributed by atoms with Crippen molar-refractivity contribution in [2.24, 2.45) is 11.8 Å². The van der Waals surface area contributed by atoms with E-state index in [1.807, 2.05) is 0 Å². The first-order chi connectivity index (χ1) is 9.38. The molecule has 0 radical (unpaired) electrons. The monoisotopic (exact) mass is 266 g/mol. The first-order valence-electron chi connectivity index (χ1n) is 8.26. The van der Waals surface area contributed by atoms with Crippen molar-refractivity contribution in [3.63, 3.8) is 0 Å². The van der Waals surface area contributed by atoms with Crippen LogP contribution in [0.15, 0.2) is 0 Å². The van der Waals surface area contributed by atoms with E-state index in [1.54, 1.807) is 0 Å². The number of ether oxygens (including phenoxy) is 3. The van der Waals surface area contributed by atoms with Crippen LogP contribution in [0.25, 0.3) is 0 Å². The van der Waals surface area contributed by atoms with Crippen LogP contribution in [0.1, 0.15) is 51.4 Å². The maximum atomic E-state index is 6.31. The Labute approximate surface area is 116 Å². The second-order valence-corrected chi connectivity index (χ2v) is 6.99. The zero-order valence-corrected chi connectivity index (χ0v) is 11.8. The van der Waals surface area contributed by atoms with Crippen molar-refractivity contribution < 1.29 is 14.2 Å². The van der Waals surface area contributed by atoms with Crippen LogP contribution in [0.4, 0.5) is 0 Å². The molecule has 2 heterocycles. The summed E-state index contributed by atoms with van der Waals surface area (Å²) in [6.45, 7) is 2.48. The number of epoxide rings is 2. The Morgan fingerprint density at radius 1 is 1.00 bits per heavy atom. The average molecular weight is 266 g/mol. The second-order valence-electron chi connectivity index (χ2n) is 6.99. The van der Waals surface area contributed by atoms with E-state index in [4.69, 9.17) is 14.2 Å². The molecule has 0 bridgehead atoms. The van der Waals surface area contributed by atoms with Gasteiger partial charge < -0.3 is 14.2 Å². The number of hydrogen-bond acceptors (Lipinski definition) is 3. The van der Waals surface area contributed by atoms with Crippen LogP contribution in [0.3, 0.4) is 0 Å². The molecule has 0 amide bonds. The molecule has 2 saturated heterocycles. The largest absolute Gasteiger partial charge is 0.376 e. The zero-order valence-electron chi connectivity index (χ0n) is 11.8. The smallest absolute Gasteiger partial charge is 0.121 e. The van der Waals surface area contributed by atoms with Crippen molar-refractivity contribution in [2.45, 2.75) is 69.2 Å². The van der Waals surface area contributed by atoms with Gasteiger partial charge in [-0.05, 0) is 37.5 Å². The summed E-state index contributed by atoms with van der Waals surface area (Å²) in [6, 6.07) is 0. The standard InChI is InChI=1S/C16H26O3/c1-2-6-12(5-1)15-16(19-15,13-7-3-4-8-13)11-17-9-14-10-18-14/h12-15H,1-11H2. The van der Waals surface area contributed by atoms with Gasteiger partial charge in [-0.3, -0.25) is 0 Å².